The average Bonchev–Trinajstić information content (AvgIpc) is 3.51. The first-order chi connectivity index (χ1) is 18.4. The molecule has 0 saturated carbocycles. The molecule has 2 N–H and O–H groups in total. The van der Waals surface area contributed by atoms with Crippen molar-refractivity contribution >= 4 is 23.7 Å². The SMILES string of the molecule is C=CCCC(=O)NC[C@@H](C)OC(=O)[C@@H]1[C@@H]2CC[C@]3(O2)[C@H](C(=O)N(CC=C)C(C)(C)C)N(CCCCO)C(=O)[C@@H]13. The molecule has 0 aromatic heterocycles. The highest BCUT2D eigenvalue weighted by Gasteiger charge is 2.75. The molecule has 3 aliphatic heterocycles. The molecular weight excluding hydrogens is 502 g/mol. The largest absolute Gasteiger partial charge is 0.460 e. The van der Waals surface area contributed by atoms with Crippen molar-refractivity contribution in [3.05, 3.63) is 25.3 Å². The van der Waals surface area contributed by atoms with Crippen molar-refractivity contribution in [1.29, 1.82) is 0 Å². The fraction of sp³-hybridized carbons (Fsp3) is 0.724. The van der Waals surface area contributed by atoms with Gasteiger partial charge in [0.05, 0.1) is 24.5 Å². The number of rotatable bonds is 14. The number of carbonyl (C=O) groups excluding carboxylic acids is 4. The second-order valence-electron chi connectivity index (χ2n) is 11.8. The van der Waals surface area contributed by atoms with E-state index >= 15 is 0 Å². The van der Waals surface area contributed by atoms with Gasteiger partial charge >= 0.3 is 5.97 Å². The Morgan fingerprint density at radius 3 is 2.62 bits per heavy atom. The molecule has 2 bridgehead atoms. The number of likely N-dealkylation sites (tertiary alicyclic amines) is 1. The summed E-state index contributed by atoms with van der Waals surface area (Å²) < 4.78 is 12.2. The summed E-state index contributed by atoms with van der Waals surface area (Å²) in [6.07, 6.45) is 5.12. The minimum absolute atomic E-state index is 0.0185. The van der Waals surface area contributed by atoms with E-state index in [2.05, 4.69) is 18.5 Å². The molecule has 3 rings (SSSR count). The zero-order valence-electron chi connectivity index (χ0n) is 23.8. The number of ether oxygens (including phenoxy) is 2. The summed E-state index contributed by atoms with van der Waals surface area (Å²) in [5, 5.41) is 12.1. The first-order valence-corrected chi connectivity index (χ1v) is 14.0. The maximum absolute atomic E-state index is 14.2. The molecule has 0 aromatic carbocycles. The Bertz CT molecular complexity index is 961. The van der Waals surface area contributed by atoms with Crippen LogP contribution in [0.1, 0.15) is 66.2 Å². The molecule has 10 heteroatoms. The Morgan fingerprint density at radius 1 is 1.28 bits per heavy atom. The second kappa shape index (κ2) is 12.6. The molecule has 39 heavy (non-hydrogen) atoms. The summed E-state index contributed by atoms with van der Waals surface area (Å²) in [6.45, 7) is 15.6. The Balaban J connectivity index is 1.85. The maximum atomic E-state index is 14.2. The Morgan fingerprint density at radius 2 is 2.00 bits per heavy atom. The lowest BCUT2D eigenvalue weighted by molar-refractivity contribution is -0.159. The standard InChI is InChI=1S/C29H45N3O7/c1-7-9-12-21(34)30-18-19(3)38-27(37)22-20-13-14-29(39-20)23(22)25(35)31(16-10-11-17-33)24(29)26(36)32(15-8-2)28(4,5)6/h7-8,19-20,22-24,33H,1-2,9-18H2,3-6H3,(H,30,34)/t19-,20+,22-,23-,24+,29-/m1/s1. The van der Waals surface area contributed by atoms with E-state index in [0.717, 1.165) is 0 Å². The number of fused-ring (bicyclic) bond motifs is 1. The number of hydrogen-bond donors (Lipinski definition) is 2. The summed E-state index contributed by atoms with van der Waals surface area (Å²) >= 11 is 0. The van der Waals surface area contributed by atoms with Crippen molar-refractivity contribution in [3.63, 3.8) is 0 Å². The lowest BCUT2D eigenvalue weighted by Gasteiger charge is -2.42. The molecule has 6 atom stereocenters. The van der Waals surface area contributed by atoms with Crippen LogP contribution in [0, 0.1) is 11.8 Å². The van der Waals surface area contributed by atoms with E-state index in [-0.39, 0.29) is 37.4 Å². The Hall–Kier alpha value is -2.72. The molecule has 3 heterocycles. The third kappa shape index (κ3) is 6.22. The molecule has 0 aliphatic carbocycles. The lowest BCUT2D eigenvalue weighted by Crippen LogP contribution is -2.60. The van der Waals surface area contributed by atoms with E-state index in [4.69, 9.17) is 9.47 Å². The number of aliphatic hydroxyl groups is 1. The van der Waals surface area contributed by atoms with Crippen LogP contribution in [0.3, 0.4) is 0 Å². The third-order valence-electron chi connectivity index (χ3n) is 7.98. The van der Waals surface area contributed by atoms with Gasteiger partial charge in [-0.25, -0.2) is 0 Å². The van der Waals surface area contributed by atoms with Gasteiger partial charge in [-0.1, -0.05) is 12.2 Å². The van der Waals surface area contributed by atoms with Gasteiger partial charge in [-0.3, -0.25) is 19.2 Å². The van der Waals surface area contributed by atoms with Crippen LogP contribution in [0.5, 0.6) is 0 Å². The van der Waals surface area contributed by atoms with Gasteiger partial charge in [0, 0.05) is 31.7 Å². The van der Waals surface area contributed by atoms with E-state index in [0.29, 0.717) is 45.1 Å². The molecule has 3 aliphatic rings. The number of allylic oxidation sites excluding steroid dienone is 1. The van der Waals surface area contributed by atoms with Gasteiger partial charge in [0.15, 0.2) is 0 Å². The van der Waals surface area contributed by atoms with Crippen molar-refractivity contribution in [2.75, 3.05) is 26.2 Å². The van der Waals surface area contributed by atoms with Crippen LogP contribution >= 0.6 is 0 Å². The molecular formula is C29H45N3O7. The normalized spacial score (nSPS) is 28.1. The highest BCUT2D eigenvalue weighted by atomic mass is 16.6. The van der Waals surface area contributed by atoms with Gasteiger partial charge in [0.1, 0.15) is 17.7 Å². The number of unbranched alkanes of at least 4 members (excludes halogenated alkanes) is 1. The van der Waals surface area contributed by atoms with Gasteiger partial charge in [-0.2, -0.15) is 0 Å². The fourth-order valence-corrected chi connectivity index (χ4v) is 6.20. The molecule has 3 saturated heterocycles. The van der Waals surface area contributed by atoms with Gasteiger partial charge in [-0.05, 0) is 59.8 Å². The number of aliphatic hydroxyl groups excluding tert-OH is 1. The van der Waals surface area contributed by atoms with Crippen LogP contribution in [0.15, 0.2) is 25.3 Å². The quantitative estimate of drug-likeness (QED) is 0.193. The minimum atomic E-state index is -1.12. The van der Waals surface area contributed by atoms with Crippen LogP contribution in [-0.4, -0.2) is 94.2 Å². The number of esters is 1. The van der Waals surface area contributed by atoms with Crippen molar-refractivity contribution in [2.24, 2.45) is 11.8 Å². The highest BCUT2D eigenvalue weighted by Crippen LogP contribution is 2.59. The van der Waals surface area contributed by atoms with Crippen molar-refractivity contribution in [3.8, 4) is 0 Å². The first kappa shape index (κ1) is 30.8. The second-order valence-corrected chi connectivity index (χ2v) is 11.8. The Kier molecular flexibility index (Phi) is 9.98. The summed E-state index contributed by atoms with van der Waals surface area (Å²) in [6, 6.07) is -0.878. The molecule has 218 valence electrons. The van der Waals surface area contributed by atoms with Gasteiger partial charge in [0.2, 0.25) is 17.7 Å². The van der Waals surface area contributed by atoms with Crippen LogP contribution in [0.25, 0.3) is 0 Å². The molecule has 3 amide bonds. The zero-order chi connectivity index (χ0) is 29.0. The first-order valence-electron chi connectivity index (χ1n) is 14.0. The maximum Gasteiger partial charge on any atom is 0.312 e. The highest BCUT2D eigenvalue weighted by molar-refractivity contribution is 5.98. The molecule has 3 fully saturated rings. The van der Waals surface area contributed by atoms with Crippen LogP contribution in [-0.2, 0) is 28.7 Å². The van der Waals surface area contributed by atoms with Crippen LogP contribution < -0.4 is 5.32 Å². The summed E-state index contributed by atoms with van der Waals surface area (Å²) in [5.74, 6) is -2.87. The molecule has 1 spiro atoms. The number of carbonyl (C=O) groups is 4. The smallest absolute Gasteiger partial charge is 0.312 e. The van der Waals surface area contributed by atoms with Crippen molar-refractivity contribution in [2.45, 2.75) is 95.6 Å². The Labute approximate surface area is 231 Å². The summed E-state index contributed by atoms with van der Waals surface area (Å²) in [4.78, 5) is 56.8. The van der Waals surface area contributed by atoms with Gasteiger partial charge < -0.3 is 29.7 Å². The van der Waals surface area contributed by atoms with E-state index in [1.54, 1.807) is 28.9 Å². The third-order valence-corrected chi connectivity index (χ3v) is 7.98. The molecule has 10 nitrogen and oxygen atoms in total. The number of nitrogens with one attached hydrogen (secondary N) is 1. The topological polar surface area (TPSA) is 125 Å². The summed E-state index contributed by atoms with van der Waals surface area (Å²) in [7, 11) is 0. The van der Waals surface area contributed by atoms with Crippen molar-refractivity contribution in [1.82, 2.24) is 15.1 Å². The predicted molar refractivity (Wildman–Crippen MR) is 145 cm³/mol. The monoisotopic (exact) mass is 547 g/mol. The summed E-state index contributed by atoms with van der Waals surface area (Å²) in [5.41, 5.74) is -1.64. The number of amides is 3. The van der Waals surface area contributed by atoms with E-state index in [1.807, 2.05) is 20.8 Å². The fourth-order valence-electron chi connectivity index (χ4n) is 6.20. The van der Waals surface area contributed by atoms with Crippen LogP contribution in [0.2, 0.25) is 0 Å². The molecule has 0 aromatic rings. The van der Waals surface area contributed by atoms with E-state index < -0.39 is 47.2 Å². The van der Waals surface area contributed by atoms with E-state index in [1.165, 1.54) is 0 Å². The van der Waals surface area contributed by atoms with Gasteiger partial charge in [0.25, 0.3) is 0 Å². The predicted octanol–water partition coefficient (Wildman–Crippen LogP) is 1.96. The minimum Gasteiger partial charge on any atom is -0.460 e. The number of nitrogens with zero attached hydrogens (tertiary/aromatic N) is 2. The van der Waals surface area contributed by atoms with E-state index in [9.17, 15) is 24.3 Å². The molecule has 0 radical (unpaired) electrons. The number of hydrogen-bond acceptors (Lipinski definition) is 7. The zero-order valence-corrected chi connectivity index (χ0v) is 23.8. The van der Waals surface area contributed by atoms with Crippen LogP contribution in [0.4, 0.5) is 0 Å². The van der Waals surface area contributed by atoms with Crippen molar-refractivity contribution < 1.29 is 33.8 Å². The average molecular weight is 548 g/mol. The molecule has 0 unspecified atom stereocenters. The lowest BCUT2D eigenvalue weighted by atomic mass is 9.70. The van der Waals surface area contributed by atoms with Gasteiger partial charge in [-0.15, -0.1) is 13.2 Å².